The Balaban J connectivity index is 1.89. The fourth-order valence-corrected chi connectivity index (χ4v) is 5.42. The minimum atomic E-state index is -2.01. The van der Waals surface area contributed by atoms with Gasteiger partial charge in [-0.2, -0.15) is 5.10 Å². The first-order valence-electron chi connectivity index (χ1n) is 10.1. The first-order valence-corrected chi connectivity index (χ1v) is 13.0. The van der Waals surface area contributed by atoms with E-state index < -0.39 is 14.3 Å². The normalized spacial score (nSPS) is 23.2. The first kappa shape index (κ1) is 21.8. The van der Waals surface area contributed by atoms with Gasteiger partial charge in [-0.05, 0) is 44.5 Å². The van der Waals surface area contributed by atoms with Crippen molar-refractivity contribution in [3.8, 4) is 0 Å². The Kier molecular flexibility index (Phi) is 5.32. The standard InChI is InChI=1S/C21H33N3O4Si/c1-12-10-15(22-23(12)6)14-11-16-17(13(2)28-29(8,9)21(3,4)5)19(25)24(16)18(14)20(26)27-7/h10,13,16-17H,11H2,1-9H3/t13-,16-,17-/m1/s1. The molecule has 1 fully saturated rings. The van der Waals surface area contributed by atoms with Gasteiger partial charge >= 0.3 is 5.97 Å². The smallest absolute Gasteiger partial charge is 0.355 e. The fraction of sp³-hybridized carbons (Fsp3) is 0.667. The summed E-state index contributed by atoms with van der Waals surface area (Å²) in [5.41, 5.74) is 2.82. The van der Waals surface area contributed by atoms with Crippen LogP contribution in [0.5, 0.6) is 0 Å². The lowest BCUT2D eigenvalue weighted by Crippen LogP contribution is -2.63. The Labute approximate surface area is 174 Å². The summed E-state index contributed by atoms with van der Waals surface area (Å²) in [5.74, 6) is -0.814. The highest BCUT2D eigenvalue weighted by molar-refractivity contribution is 6.74. The number of fused-ring (bicyclic) bond motifs is 1. The maximum atomic E-state index is 13.1. The molecule has 1 aromatic rings. The van der Waals surface area contributed by atoms with Gasteiger partial charge < -0.3 is 14.1 Å². The van der Waals surface area contributed by atoms with E-state index in [9.17, 15) is 9.59 Å². The number of carbonyl (C=O) groups excluding carboxylic acids is 2. The predicted molar refractivity (Wildman–Crippen MR) is 113 cm³/mol. The number of β-lactam (4-membered cyclic amide) rings is 1. The van der Waals surface area contributed by atoms with Gasteiger partial charge in [0.2, 0.25) is 5.91 Å². The van der Waals surface area contributed by atoms with Gasteiger partial charge in [-0.25, -0.2) is 4.79 Å². The van der Waals surface area contributed by atoms with Crippen molar-refractivity contribution in [1.29, 1.82) is 0 Å². The average Bonchev–Trinajstić information content (AvgIpc) is 3.10. The van der Waals surface area contributed by atoms with Crippen LogP contribution in [0.1, 0.15) is 45.5 Å². The molecular formula is C21H33N3O4Si. The summed E-state index contributed by atoms with van der Waals surface area (Å²) in [5, 5.41) is 4.60. The topological polar surface area (TPSA) is 73.7 Å². The lowest BCUT2D eigenvalue weighted by atomic mass is 9.83. The highest BCUT2D eigenvalue weighted by atomic mass is 28.4. The van der Waals surface area contributed by atoms with E-state index in [4.69, 9.17) is 9.16 Å². The van der Waals surface area contributed by atoms with Crippen molar-refractivity contribution in [2.75, 3.05) is 7.11 Å². The Morgan fingerprint density at radius 1 is 1.34 bits per heavy atom. The van der Waals surface area contributed by atoms with Crippen LogP contribution >= 0.6 is 0 Å². The van der Waals surface area contributed by atoms with E-state index in [1.54, 1.807) is 9.58 Å². The average molecular weight is 420 g/mol. The van der Waals surface area contributed by atoms with Crippen molar-refractivity contribution < 1.29 is 18.8 Å². The zero-order valence-electron chi connectivity index (χ0n) is 19.0. The highest BCUT2D eigenvalue weighted by Crippen LogP contribution is 2.48. The van der Waals surface area contributed by atoms with Gasteiger partial charge in [0.05, 0.1) is 30.9 Å². The Bertz CT molecular complexity index is 861. The summed E-state index contributed by atoms with van der Waals surface area (Å²) < 4.78 is 13.3. The molecule has 3 rings (SSSR count). The van der Waals surface area contributed by atoms with E-state index >= 15 is 0 Å². The Morgan fingerprint density at radius 3 is 2.45 bits per heavy atom. The maximum absolute atomic E-state index is 13.1. The number of amides is 1. The van der Waals surface area contributed by atoms with Crippen molar-refractivity contribution >= 4 is 25.8 Å². The van der Waals surface area contributed by atoms with Crippen molar-refractivity contribution in [3.63, 3.8) is 0 Å². The Hall–Kier alpha value is -1.93. The third-order valence-corrected chi connectivity index (χ3v) is 11.4. The molecule has 2 aliphatic rings. The van der Waals surface area contributed by atoms with E-state index in [1.807, 2.05) is 27.0 Å². The summed E-state index contributed by atoms with van der Waals surface area (Å²) in [6.45, 7) is 14.9. The van der Waals surface area contributed by atoms with Crippen LogP contribution < -0.4 is 0 Å². The van der Waals surface area contributed by atoms with Crippen LogP contribution in [0.2, 0.25) is 18.1 Å². The lowest BCUT2D eigenvalue weighted by molar-refractivity contribution is -0.161. The second-order valence-electron chi connectivity index (χ2n) is 9.70. The summed E-state index contributed by atoms with van der Waals surface area (Å²) in [6, 6.07) is 1.85. The SMILES string of the molecule is COC(=O)C1=C(c2cc(C)n(C)n2)C[C@@H]2[C@@H]([C@@H](C)O[Si](C)(C)C(C)(C)C)C(=O)N12. The molecule has 1 saturated heterocycles. The van der Waals surface area contributed by atoms with Crippen LogP contribution in [0.25, 0.3) is 5.57 Å². The largest absolute Gasteiger partial charge is 0.464 e. The van der Waals surface area contributed by atoms with Gasteiger partial charge in [0.25, 0.3) is 0 Å². The monoisotopic (exact) mass is 419 g/mol. The molecule has 0 aliphatic carbocycles. The summed E-state index contributed by atoms with van der Waals surface area (Å²) in [7, 11) is 1.20. The second kappa shape index (κ2) is 7.09. The van der Waals surface area contributed by atoms with E-state index in [2.05, 4.69) is 39.0 Å². The predicted octanol–water partition coefficient (Wildman–Crippen LogP) is 3.25. The summed E-state index contributed by atoms with van der Waals surface area (Å²) in [6.07, 6.45) is 0.385. The number of hydrogen-bond acceptors (Lipinski definition) is 5. The number of ether oxygens (including phenoxy) is 1. The number of rotatable bonds is 5. The molecule has 160 valence electrons. The molecular weight excluding hydrogens is 386 g/mol. The second-order valence-corrected chi connectivity index (χ2v) is 14.5. The molecule has 0 radical (unpaired) electrons. The van der Waals surface area contributed by atoms with E-state index in [0.29, 0.717) is 12.1 Å². The maximum Gasteiger partial charge on any atom is 0.355 e. The molecule has 0 bridgehead atoms. The van der Waals surface area contributed by atoms with E-state index in [-0.39, 0.29) is 29.0 Å². The summed E-state index contributed by atoms with van der Waals surface area (Å²) in [4.78, 5) is 27.2. The third-order valence-electron chi connectivity index (χ3n) is 6.80. The van der Waals surface area contributed by atoms with Gasteiger partial charge in [0, 0.05) is 18.3 Å². The van der Waals surface area contributed by atoms with Crippen LogP contribution in [0, 0.1) is 12.8 Å². The fourth-order valence-electron chi connectivity index (χ4n) is 3.99. The van der Waals surface area contributed by atoms with Crippen LogP contribution in [0.15, 0.2) is 11.8 Å². The zero-order valence-corrected chi connectivity index (χ0v) is 20.0. The molecule has 2 aliphatic heterocycles. The van der Waals surface area contributed by atoms with Crippen molar-refractivity contribution in [2.45, 2.75) is 71.3 Å². The van der Waals surface area contributed by atoms with Crippen LogP contribution in [-0.2, 0) is 25.8 Å². The van der Waals surface area contributed by atoms with E-state index in [0.717, 1.165) is 17.0 Å². The van der Waals surface area contributed by atoms with Crippen molar-refractivity contribution in [1.82, 2.24) is 14.7 Å². The minimum absolute atomic E-state index is 0.0650. The van der Waals surface area contributed by atoms with Gasteiger partial charge in [-0.1, -0.05) is 20.8 Å². The molecule has 0 N–H and O–H groups in total. The number of methoxy groups -OCH3 is 1. The van der Waals surface area contributed by atoms with Crippen molar-refractivity contribution in [2.24, 2.45) is 13.0 Å². The molecule has 1 amide bonds. The number of carbonyl (C=O) groups is 2. The molecule has 29 heavy (non-hydrogen) atoms. The molecule has 0 aromatic carbocycles. The molecule has 0 unspecified atom stereocenters. The first-order chi connectivity index (χ1) is 13.3. The number of esters is 1. The van der Waals surface area contributed by atoms with Crippen LogP contribution in [0.4, 0.5) is 0 Å². The van der Waals surface area contributed by atoms with Crippen LogP contribution in [0.3, 0.4) is 0 Å². The molecule has 0 saturated carbocycles. The zero-order chi connectivity index (χ0) is 21.9. The van der Waals surface area contributed by atoms with Gasteiger partial charge in [-0.3, -0.25) is 9.48 Å². The third kappa shape index (κ3) is 3.46. The minimum Gasteiger partial charge on any atom is -0.464 e. The molecule has 1 aromatic heterocycles. The highest BCUT2D eigenvalue weighted by Gasteiger charge is 2.58. The number of nitrogens with zero attached hydrogens (tertiary/aromatic N) is 3. The molecule has 3 heterocycles. The molecule has 7 nitrogen and oxygen atoms in total. The number of aromatic nitrogens is 2. The van der Waals surface area contributed by atoms with Crippen LogP contribution in [-0.4, -0.2) is 54.1 Å². The molecule has 0 spiro atoms. The van der Waals surface area contributed by atoms with Gasteiger partial charge in [0.1, 0.15) is 5.70 Å². The lowest BCUT2D eigenvalue weighted by Gasteiger charge is -2.48. The number of hydrogen-bond donors (Lipinski definition) is 0. The summed E-state index contributed by atoms with van der Waals surface area (Å²) >= 11 is 0. The van der Waals surface area contributed by atoms with Gasteiger partial charge in [-0.15, -0.1) is 0 Å². The van der Waals surface area contributed by atoms with E-state index in [1.165, 1.54) is 7.11 Å². The van der Waals surface area contributed by atoms with Crippen molar-refractivity contribution in [3.05, 3.63) is 23.2 Å². The quantitative estimate of drug-likeness (QED) is 0.416. The molecule has 8 heteroatoms. The Morgan fingerprint density at radius 2 is 1.97 bits per heavy atom. The molecule has 3 atom stereocenters. The number of aryl methyl sites for hydroxylation is 2. The van der Waals surface area contributed by atoms with Gasteiger partial charge in [0.15, 0.2) is 8.32 Å².